The summed E-state index contributed by atoms with van der Waals surface area (Å²) in [6.07, 6.45) is 0. The number of aryl methyl sites for hydroxylation is 1. The molecule has 3 nitrogen and oxygen atoms in total. The van der Waals surface area contributed by atoms with Crippen LogP contribution in [0.2, 0.25) is 0 Å². The van der Waals surface area contributed by atoms with Crippen molar-refractivity contribution in [3.8, 4) is 28.7 Å². The molecule has 0 unspecified atom stereocenters. The van der Waals surface area contributed by atoms with Crippen molar-refractivity contribution in [3.63, 3.8) is 0 Å². The van der Waals surface area contributed by atoms with Crippen LogP contribution >= 0.6 is 0 Å². The van der Waals surface area contributed by atoms with Gasteiger partial charge in [0, 0.05) is 11.1 Å². The van der Waals surface area contributed by atoms with Crippen LogP contribution in [-0.2, 0) is 0 Å². The maximum Gasteiger partial charge on any atom is 0.160 e. The summed E-state index contributed by atoms with van der Waals surface area (Å²) in [5.74, 6) is 0.591. The van der Waals surface area contributed by atoms with Crippen molar-refractivity contribution < 1.29 is 0 Å². The summed E-state index contributed by atoms with van der Waals surface area (Å²) in [6.45, 7) is 9.90. The van der Waals surface area contributed by atoms with Crippen molar-refractivity contribution in [1.29, 1.82) is 5.26 Å². The highest BCUT2D eigenvalue weighted by molar-refractivity contribution is 5.70. The quantitative estimate of drug-likeness (QED) is 0.704. The molecule has 3 heteroatoms. The predicted octanol–water partition coefficient (Wildman–Crippen LogP) is 3.94. The predicted molar refractivity (Wildman–Crippen MR) is 110 cm³/mol. The average molecular weight is 349 g/mol. The zero-order valence-corrected chi connectivity index (χ0v) is 15.2. The summed E-state index contributed by atoms with van der Waals surface area (Å²) >= 11 is 0. The Morgan fingerprint density at radius 1 is 0.778 bits per heavy atom. The monoisotopic (exact) mass is 349 g/mol. The van der Waals surface area contributed by atoms with E-state index in [-0.39, 0.29) is 0 Å². The lowest BCUT2D eigenvalue weighted by Crippen LogP contribution is -2.02. The van der Waals surface area contributed by atoms with Crippen molar-refractivity contribution in [2.75, 3.05) is 0 Å². The van der Waals surface area contributed by atoms with Crippen molar-refractivity contribution >= 4 is 13.2 Å². The molecule has 0 spiro atoms. The lowest BCUT2D eigenvalue weighted by molar-refractivity contribution is 1.10. The van der Waals surface area contributed by atoms with Crippen LogP contribution in [0.25, 0.3) is 35.8 Å². The Morgan fingerprint density at radius 3 is 2.15 bits per heavy atom. The highest BCUT2D eigenvalue weighted by Gasteiger charge is 2.13. The van der Waals surface area contributed by atoms with E-state index in [0.717, 1.165) is 21.6 Å². The Labute approximate surface area is 158 Å². The third-order valence-corrected chi connectivity index (χ3v) is 4.06. The number of hydrogen-bond donors (Lipinski definition) is 0. The zero-order chi connectivity index (χ0) is 19.2. The summed E-state index contributed by atoms with van der Waals surface area (Å²) in [6, 6.07) is 25.4. The second kappa shape index (κ2) is 8.07. The first-order chi connectivity index (χ1) is 13.1. The fourth-order valence-corrected chi connectivity index (χ4v) is 2.69. The molecule has 130 valence electrons. The van der Waals surface area contributed by atoms with Gasteiger partial charge in [-0.3, -0.25) is 0 Å². The number of nitrogens with zero attached hydrogens (tertiary/aromatic N) is 3. The normalized spacial score (nSPS) is 9.93. The Kier molecular flexibility index (Phi) is 5.39. The minimum Gasteiger partial charge on any atom is -0.232 e. The number of aromatic nitrogens is 2. The first kappa shape index (κ1) is 18.0. The molecule has 0 aliphatic heterocycles. The first-order valence-corrected chi connectivity index (χ1v) is 8.55. The second-order valence-corrected chi connectivity index (χ2v) is 6.14. The minimum atomic E-state index is 0.459. The van der Waals surface area contributed by atoms with Crippen LogP contribution in [-0.4, -0.2) is 9.97 Å². The maximum atomic E-state index is 9.69. The van der Waals surface area contributed by atoms with E-state index in [1.54, 1.807) is 0 Å². The van der Waals surface area contributed by atoms with Crippen LogP contribution in [0.5, 0.6) is 0 Å². The van der Waals surface area contributed by atoms with Gasteiger partial charge in [0.05, 0.1) is 17.0 Å². The largest absolute Gasteiger partial charge is 0.232 e. The average Bonchev–Trinajstić information content (AvgIpc) is 2.68. The molecule has 3 aromatic rings. The molecule has 27 heavy (non-hydrogen) atoms. The molecule has 0 radical (unpaired) electrons. The summed E-state index contributed by atoms with van der Waals surface area (Å²) in [5, 5.41) is 11.4. The van der Waals surface area contributed by atoms with Gasteiger partial charge in [0.2, 0.25) is 0 Å². The molecule has 0 N–H and O–H groups in total. The molecule has 0 bridgehead atoms. The highest BCUT2D eigenvalue weighted by Crippen LogP contribution is 2.25. The molecule has 1 aromatic heterocycles. The van der Waals surface area contributed by atoms with Crippen molar-refractivity contribution in [2.24, 2.45) is 0 Å². The molecule has 1 heterocycles. The lowest BCUT2D eigenvalue weighted by atomic mass is 10.0. The molecule has 2 aromatic carbocycles. The Hall–Kier alpha value is -3.77. The molecule has 0 atom stereocenters. The van der Waals surface area contributed by atoms with Gasteiger partial charge in [-0.25, -0.2) is 9.97 Å². The van der Waals surface area contributed by atoms with Crippen LogP contribution < -0.4 is 10.4 Å². The van der Waals surface area contributed by atoms with Gasteiger partial charge >= 0.3 is 0 Å². The lowest BCUT2D eigenvalue weighted by Gasteiger charge is -2.09. The summed E-state index contributed by atoms with van der Waals surface area (Å²) in [7, 11) is 0. The van der Waals surface area contributed by atoms with Gasteiger partial charge < -0.3 is 0 Å². The van der Waals surface area contributed by atoms with Crippen LogP contribution in [0, 0.1) is 18.3 Å². The molecular weight excluding hydrogens is 330 g/mol. The first-order valence-electron chi connectivity index (χ1n) is 8.55. The topological polar surface area (TPSA) is 49.6 Å². The van der Waals surface area contributed by atoms with Gasteiger partial charge in [-0.2, -0.15) is 5.26 Å². The summed E-state index contributed by atoms with van der Waals surface area (Å²) in [4.78, 5) is 9.25. The van der Waals surface area contributed by atoms with E-state index in [2.05, 4.69) is 24.2 Å². The number of rotatable bonds is 2. The van der Waals surface area contributed by atoms with E-state index < -0.39 is 0 Å². The van der Waals surface area contributed by atoms with E-state index in [9.17, 15) is 5.26 Å². The van der Waals surface area contributed by atoms with Gasteiger partial charge in [-0.1, -0.05) is 79.9 Å². The van der Waals surface area contributed by atoms with E-state index in [1.165, 1.54) is 0 Å². The molecule has 0 fully saturated rings. The molecule has 0 amide bonds. The van der Waals surface area contributed by atoms with Crippen LogP contribution in [0.4, 0.5) is 0 Å². The maximum absolute atomic E-state index is 9.69. The Bertz CT molecular complexity index is 1170. The molecule has 0 aliphatic carbocycles. The second-order valence-electron chi connectivity index (χ2n) is 6.14. The highest BCUT2D eigenvalue weighted by atomic mass is 14.9. The van der Waals surface area contributed by atoms with Gasteiger partial charge in [0.1, 0.15) is 6.07 Å². The Morgan fingerprint density at radius 2 is 1.44 bits per heavy atom. The Balaban J connectivity index is 2.35. The third kappa shape index (κ3) is 4.26. The smallest absolute Gasteiger partial charge is 0.160 e. The molecule has 3 rings (SSSR count). The van der Waals surface area contributed by atoms with Gasteiger partial charge in [-0.15, -0.1) is 0 Å². The zero-order valence-electron chi connectivity index (χ0n) is 15.2. The van der Waals surface area contributed by atoms with Crippen LogP contribution in [0.3, 0.4) is 0 Å². The number of benzene rings is 1. The SMILES string of the molecule is C=c1ccccc(=C)cc(-c2nc(-c3ccccc3)nc(C)c2C#N)cc1. The molecule has 0 aliphatic rings. The van der Waals surface area contributed by atoms with Crippen molar-refractivity contribution in [1.82, 2.24) is 9.97 Å². The van der Waals surface area contributed by atoms with E-state index in [0.29, 0.717) is 22.8 Å². The standard InChI is InChI=1S/C24H19N3/c1-17-9-7-8-10-18(2)15-21(14-13-17)23-22(16-25)19(3)26-24(27-23)20-11-5-4-6-12-20/h4-15H,1-2H2,3H3. The third-order valence-electron chi connectivity index (χ3n) is 4.06. The minimum absolute atomic E-state index is 0.459. The summed E-state index contributed by atoms with van der Waals surface area (Å²) < 4.78 is 0. The molecular formula is C24H19N3. The fourth-order valence-electron chi connectivity index (χ4n) is 2.69. The van der Waals surface area contributed by atoms with E-state index >= 15 is 0 Å². The molecule has 0 saturated heterocycles. The van der Waals surface area contributed by atoms with Gasteiger partial charge in [0.25, 0.3) is 0 Å². The number of nitriles is 1. The molecule has 0 saturated carbocycles. The van der Waals surface area contributed by atoms with Crippen LogP contribution in [0.1, 0.15) is 11.3 Å². The van der Waals surface area contributed by atoms with Crippen molar-refractivity contribution in [3.05, 3.63) is 94.5 Å². The van der Waals surface area contributed by atoms with E-state index in [4.69, 9.17) is 4.98 Å². The number of hydrogen-bond acceptors (Lipinski definition) is 3. The van der Waals surface area contributed by atoms with Crippen molar-refractivity contribution in [2.45, 2.75) is 6.92 Å². The van der Waals surface area contributed by atoms with E-state index in [1.807, 2.05) is 79.7 Å². The van der Waals surface area contributed by atoms with Crippen LogP contribution in [0.15, 0.2) is 72.8 Å². The fraction of sp³-hybridized carbons (Fsp3) is 0.0417. The summed E-state index contributed by atoms with van der Waals surface area (Å²) in [5.41, 5.74) is 3.39. The van der Waals surface area contributed by atoms with Gasteiger partial charge in [0.15, 0.2) is 5.82 Å². The van der Waals surface area contributed by atoms with Gasteiger partial charge in [-0.05, 0) is 23.4 Å².